The van der Waals surface area contributed by atoms with Gasteiger partial charge in [-0.2, -0.15) is 0 Å². The Bertz CT molecular complexity index is 339. The molecule has 76 valence electrons. The zero-order chi connectivity index (χ0) is 10.8. The first-order chi connectivity index (χ1) is 6.41. The van der Waals surface area contributed by atoms with Crippen LogP contribution in [0.5, 0.6) is 5.75 Å². The van der Waals surface area contributed by atoms with Crippen LogP contribution >= 0.6 is 15.9 Å². The molecule has 14 heavy (non-hydrogen) atoms. The Labute approximate surface area is 92.4 Å². The highest BCUT2D eigenvalue weighted by Crippen LogP contribution is 2.31. The molecule has 0 aliphatic heterocycles. The average Bonchev–Trinajstić information content (AvgIpc) is 2.01. The first kappa shape index (κ1) is 11.2. The van der Waals surface area contributed by atoms with Crippen LogP contribution in [-0.4, -0.2) is 4.88 Å². The van der Waals surface area contributed by atoms with Crippen molar-refractivity contribution in [2.24, 2.45) is 0 Å². The summed E-state index contributed by atoms with van der Waals surface area (Å²) in [6, 6.07) is 7.54. The van der Waals surface area contributed by atoms with Gasteiger partial charge in [0.15, 0.2) is 0 Å². The molecule has 0 unspecified atom stereocenters. The average molecular weight is 257 g/mol. The van der Waals surface area contributed by atoms with Crippen LogP contribution in [0, 0.1) is 0 Å². The van der Waals surface area contributed by atoms with Gasteiger partial charge in [0, 0.05) is 21.5 Å². The third-order valence-corrected chi connectivity index (χ3v) is 2.05. The lowest BCUT2D eigenvalue weighted by Gasteiger charge is -2.21. The molecule has 0 radical (unpaired) electrons. The van der Waals surface area contributed by atoms with Crippen LogP contribution in [-0.2, 0) is 5.41 Å². The normalized spacial score (nSPS) is 11.1. The molecule has 0 atom stereocenters. The van der Waals surface area contributed by atoms with E-state index in [1.54, 1.807) is 6.07 Å². The van der Waals surface area contributed by atoms with E-state index < -0.39 is 4.88 Å². The van der Waals surface area contributed by atoms with Crippen LogP contribution in [0.3, 0.4) is 0 Å². The van der Waals surface area contributed by atoms with E-state index in [0.717, 1.165) is 5.56 Å². The topological polar surface area (TPSA) is 26.3 Å². The van der Waals surface area contributed by atoms with E-state index in [1.807, 2.05) is 18.2 Å². The lowest BCUT2D eigenvalue weighted by Crippen LogP contribution is -2.13. The predicted molar refractivity (Wildman–Crippen MR) is 60.1 cm³/mol. The molecule has 0 saturated carbocycles. The van der Waals surface area contributed by atoms with Gasteiger partial charge in [-0.1, -0.05) is 39.0 Å². The minimum atomic E-state index is -0.464. The zero-order valence-electron chi connectivity index (χ0n) is 8.50. The van der Waals surface area contributed by atoms with E-state index in [1.165, 1.54) is 0 Å². The molecule has 3 heteroatoms. The van der Waals surface area contributed by atoms with Crippen molar-refractivity contribution < 1.29 is 9.53 Å². The molecule has 0 bridgehead atoms. The molecular formula is C11H13BrO2. The third-order valence-electron chi connectivity index (χ3n) is 1.89. The number of carbonyl (C=O) groups excluding carboxylic acids is 1. The molecule has 0 fully saturated rings. The maximum Gasteiger partial charge on any atom is 0.380 e. The summed E-state index contributed by atoms with van der Waals surface area (Å²) in [6.07, 6.45) is 0. The molecule has 0 heterocycles. The Kier molecular flexibility index (Phi) is 3.32. The minimum Gasteiger partial charge on any atom is -0.418 e. The summed E-state index contributed by atoms with van der Waals surface area (Å²) in [7, 11) is 0. The zero-order valence-corrected chi connectivity index (χ0v) is 10.1. The summed E-state index contributed by atoms with van der Waals surface area (Å²) in [5, 5.41) is 0. The molecule has 1 rings (SSSR count). The van der Waals surface area contributed by atoms with Crippen molar-refractivity contribution in [2.45, 2.75) is 26.2 Å². The summed E-state index contributed by atoms with van der Waals surface area (Å²) >= 11 is 2.75. The van der Waals surface area contributed by atoms with E-state index in [-0.39, 0.29) is 5.41 Å². The second kappa shape index (κ2) is 4.13. The Morgan fingerprint density at radius 2 is 1.86 bits per heavy atom. The Morgan fingerprint density at radius 1 is 1.29 bits per heavy atom. The van der Waals surface area contributed by atoms with Crippen LogP contribution in [0.2, 0.25) is 0 Å². The molecule has 2 nitrogen and oxygen atoms in total. The molecule has 1 aromatic carbocycles. The van der Waals surface area contributed by atoms with Crippen LogP contribution in [0.15, 0.2) is 24.3 Å². The molecule has 0 aliphatic carbocycles. The maximum atomic E-state index is 10.8. The number of para-hydroxylation sites is 1. The Balaban J connectivity index is 3.10. The lowest BCUT2D eigenvalue weighted by atomic mass is 9.86. The number of halogens is 1. The predicted octanol–water partition coefficient (Wildman–Crippen LogP) is 3.88. The highest BCUT2D eigenvalue weighted by molar-refractivity contribution is 9.18. The van der Waals surface area contributed by atoms with Gasteiger partial charge in [0.05, 0.1) is 0 Å². The summed E-state index contributed by atoms with van der Waals surface area (Å²) in [5.74, 6) is 0.613. The summed E-state index contributed by atoms with van der Waals surface area (Å²) in [4.78, 5) is 10.3. The van der Waals surface area contributed by atoms with Crippen molar-refractivity contribution >= 4 is 20.8 Å². The molecule has 0 aromatic heterocycles. The fraction of sp³-hybridized carbons (Fsp3) is 0.364. The fourth-order valence-corrected chi connectivity index (χ4v) is 1.44. The van der Waals surface area contributed by atoms with Gasteiger partial charge >= 0.3 is 4.88 Å². The SMILES string of the molecule is CC(C)(C)c1ccccc1OC(=O)Br. The van der Waals surface area contributed by atoms with Gasteiger partial charge in [0.1, 0.15) is 5.75 Å². The van der Waals surface area contributed by atoms with Crippen LogP contribution in [0.4, 0.5) is 4.79 Å². The second-order valence-corrected chi connectivity index (χ2v) is 4.73. The van der Waals surface area contributed by atoms with Crippen molar-refractivity contribution in [1.82, 2.24) is 0 Å². The first-order valence-corrected chi connectivity index (χ1v) is 5.17. The van der Waals surface area contributed by atoms with E-state index in [4.69, 9.17) is 4.74 Å². The quantitative estimate of drug-likeness (QED) is 0.713. The van der Waals surface area contributed by atoms with E-state index >= 15 is 0 Å². The number of hydrogen-bond donors (Lipinski definition) is 0. The van der Waals surface area contributed by atoms with Gasteiger partial charge in [-0.15, -0.1) is 0 Å². The molecule has 0 amide bonds. The van der Waals surface area contributed by atoms with E-state index in [9.17, 15) is 4.79 Å². The highest BCUT2D eigenvalue weighted by Gasteiger charge is 2.19. The lowest BCUT2D eigenvalue weighted by molar-refractivity contribution is 0.227. The second-order valence-electron chi connectivity index (χ2n) is 4.09. The number of carbonyl (C=O) groups is 1. The summed E-state index contributed by atoms with van der Waals surface area (Å²) in [5.41, 5.74) is 0.992. The highest BCUT2D eigenvalue weighted by atomic mass is 79.9. The van der Waals surface area contributed by atoms with Gasteiger partial charge < -0.3 is 4.74 Å². The molecule has 0 aliphatic rings. The van der Waals surface area contributed by atoms with Crippen LogP contribution in [0.25, 0.3) is 0 Å². The van der Waals surface area contributed by atoms with Crippen molar-refractivity contribution in [3.05, 3.63) is 29.8 Å². The van der Waals surface area contributed by atoms with E-state index in [0.29, 0.717) is 5.75 Å². The van der Waals surface area contributed by atoms with Gasteiger partial charge in [-0.25, -0.2) is 4.79 Å². The molecule has 1 aromatic rings. The van der Waals surface area contributed by atoms with Crippen molar-refractivity contribution in [3.8, 4) is 5.75 Å². The molecule has 0 N–H and O–H groups in total. The summed E-state index contributed by atoms with van der Waals surface area (Å²) in [6.45, 7) is 6.23. The Morgan fingerprint density at radius 3 is 2.36 bits per heavy atom. The van der Waals surface area contributed by atoms with Gasteiger partial charge in [0.2, 0.25) is 0 Å². The van der Waals surface area contributed by atoms with Crippen molar-refractivity contribution in [2.75, 3.05) is 0 Å². The largest absolute Gasteiger partial charge is 0.418 e. The van der Waals surface area contributed by atoms with Gasteiger partial charge in [0.25, 0.3) is 0 Å². The van der Waals surface area contributed by atoms with Crippen LogP contribution in [0.1, 0.15) is 26.3 Å². The molecule has 0 spiro atoms. The fourth-order valence-electron chi connectivity index (χ4n) is 1.26. The monoisotopic (exact) mass is 256 g/mol. The van der Waals surface area contributed by atoms with Gasteiger partial charge in [-0.05, 0) is 11.5 Å². The molecule has 0 saturated heterocycles. The standard InChI is InChI=1S/C11H13BrO2/c1-11(2,3)8-6-4-5-7-9(8)14-10(12)13/h4-7H,1-3H3. The van der Waals surface area contributed by atoms with E-state index in [2.05, 4.69) is 36.7 Å². The third kappa shape index (κ3) is 2.84. The number of benzene rings is 1. The molecular weight excluding hydrogens is 244 g/mol. The maximum absolute atomic E-state index is 10.8. The van der Waals surface area contributed by atoms with Gasteiger partial charge in [-0.3, -0.25) is 0 Å². The Hall–Kier alpha value is -0.830. The number of rotatable bonds is 1. The van der Waals surface area contributed by atoms with Crippen molar-refractivity contribution in [1.29, 1.82) is 0 Å². The number of hydrogen-bond acceptors (Lipinski definition) is 2. The van der Waals surface area contributed by atoms with Crippen molar-refractivity contribution in [3.63, 3.8) is 0 Å². The summed E-state index contributed by atoms with van der Waals surface area (Å²) < 4.78 is 5.05. The smallest absolute Gasteiger partial charge is 0.380 e. The minimum absolute atomic E-state index is 0.0287. The number of ether oxygens (including phenoxy) is 1. The first-order valence-electron chi connectivity index (χ1n) is 4.38. The van der Waals surface area contributed by atoms with Crippen LogP contribution < -0.4 is 4.74 Å².